The SMILES string of the molecule is CCOC(=O)c1ccc(NC(=O)CCN2C(=O)[C@H]3CC=CC[C@H]3C2=O)c(C)c1. The number of amides is 3. The molecule has 1 heterocycles. The number of nitrogens with one attached hydrogen (secondary N) is 1. The molecule has 0 spiro atoms. The summed E-state index contributed by atoms with van der Waals surface area (Å²) in [5.74, 6) is -1.62. The molecule has 1 fully saturated rings. The van der Waals surface area contributed by atoms with Gasteiger partial charge in [-0.25, -0.2) is 4.79 Å². The Morgan fingerprint density at radius 1 is 1.14 bits per heavy atom. The molecule has 148 valence electrons. The number of carbonyl (C=O) groups is 4. The second-order valence-electron chi connectivity index (χ2n) is 7.03. The number of nitrogens with zero attached hydrogens (tertiary/aromatic N) is 1. The van der Waals surface area contributed by atoms with E-state index >= 15 is 0 Å². The molecule has 3 rings (SSSR count). The van der Waals surface area contributed by atoms with Crippen molar-refractivity contribution in [3.63, 3.8) is 0 Å². The third-order valence-electron chi connectivity index (χ3n) is 5.17. The molecular formula is C21H24N2O5. The van der Waals surface area contributed by atoms with Crippen LogP contribution in [0.5, 0.6) is 0 Å². The number of allylic oxidation sites excluding steroid dienone is 2. The highest BCUT2D eigenvalue weighted by molar-refractivity contribution is 6.06. The number of likely N-dealkylation sites (tertiary alicyclic amines) is 1. The zero-order chi connectivity index (χ0) is 20.3. The number of esters is 1. The minimum atomic E-state index is -0.412. The van der Waals surface area contributed by atoms with E-state index < -0.39 is 5.97 Å². The second kappa shape index (κ2) is 8.37. The summed E-state index contributed by atoms with van der Waals surface area (Å²) in [6.07, 6.45) is 5.08. The molecule has 0 saturated carbocycles. The van der Waals surface area contributed by atoms with Crippen LogP contribution in [0.2, 0.25) is 0 Å². The van der Waals surface area contributed by atoms with E-state index in [2.05, 4.69) is 5.32 Å². The van der Waals surface area contributed by atoms with Crippen LogP contribution in [0.3, 0.4) is 0 Å². The van der Waals surface area contributed by atoms with Crippen molar-refractivity contribution in [2.75, 3.05) is 18.5 Å². The topological polar surface area (TPSA) is 92.8 Å². The fourth-order valence-corrected chi connectivity index (χ4v) is 3.66. The van der Waals surface area contributed by atoms with E-state index in [1.165, 1.54) is 4.90 Å². The number of rotatable bonds is 6. The van der Waals surface area contributed by atoms with Crippen LogP contribution in [0.15, 0.2) is 30.4 Å². The summed E-state index contributed by atoms with van der Waals surface area (Å²) in [6.45, 7) is 3.89. The van der Waals surface area contributed by atoms with Crippen molar-refractivity contribution in [1.82, 2.24) is 4.90 Å². The van der Waals surface area contributed by atoms with Crippen molar-refractivity contribution in [3.8, 4) is 0 Å². The van der Waals surface area contributed by atoms with Crippen LogP contribution in [-0.4, -0.2) is 41.7 Å². The summed E-state index contributed by atoms with van der Waals surface area (Å²) >= 11 is 0. The Kier molecular flexibility index (Phi) is 5.92. The predicted octanol–water partition coefficient (Wildman–Crippen LogP) is 2.45. The largest absolute Gasteiger partial charge is 0.462 e. The van der Waals surface area contributed by atoms with Crippen LogP contribution in [0.1, 0.15) is 42.1 Å². The highest BCUT2D eigenvalue weighted by Crippen LogP contribution is 2.35. The first-order valence-corrected chi connectivity index (χ1v) is 9.50. The molecule has 2 aliphatic rings. The number of aryl methyl sites for hydroxylation is 1. The van der Waals surface area contributed by atoms with E-state index in [1.54, 1.807) is 32.0 Å². The Hall–Kier alpha value is -2.96. The van der Waals surface area contributed by atoms with Crippen molar-refractivity contribution in [3.05, 3.63) is 41.5 Å². The van der Waals surface area contributed by atoms with Crippen molar-refractivity contribution in [1.29, 1.82) is 0 Å². The number of anilines is 1. The van der Waals surface area contributed by atoms with Crippen LogP contribution in [0.25, 0.3) is 0 Å². The van der Waals surface area contributed by atoms with Gasteiger partial charge in [0, 0.05) is 18.7 Å². The highest BCUT2D eigenvalue weighted by Gasteiger charge is 2.46. The second-order valence-corrected chi connectivity index (χ2v) is 7.03. The van der Waals surface area contributed by atoms with E-state index in [1.807, 2.05) is 12.2 Å². The maximum absolute atomic E-state index is 12.4. The molecule has 0 radical (unpaired) electrons. The third kappa shape index (κ3) is 3.98. The molecule has 1 saturated heterocycles. The molecule has 28 heavy (non-hydrogen) atoms. The average Bonchev–Trinajstić information content (AvgIpc) is 2.92. The third-order valence-corrected chi connectivity index (χ3v) is 5.17. The Bertz CT molecular complexity index is 819. The lowest BCUT2D eigenvalue weighted by atomic mass is 9.85. The molecule has 7 heteroatoms. The Labute approximate surface area is 163 Å². The maximum atomic E-state index is 12.4. The average molecular weight is 384 g/mol. The molecule has 1 N–H and O–H groups in total. The van der Waals surface area contributed by atoms with E-state index in [0.29, 0.717) is 30.7 Å². The van der Waals surface area contributed by atoms with Crippen LogP contribution >= 0.6 is 0 Å². The number of benzene rings is 1. The van der Waals surface area contributed by atoms with Gasteiger partial charge in [-0.15, -0.1) is 0 Å². The summed E-state index contributed by atoms with van der Waals surface area (Å²) in [6, 6.07) is 4.89. The molecule has 1 aliphatic heterocycles. The number of carbonyl (C=O) groups excluding carboxylic acids is 4. The van der Waals surface area contributed by atoms with E-state index in [-0.39, 0.29) is 42.5 Å². The molecule has 0 aromatic heterocycles. The first-order valence-electron chi connectivity index (χ1n) is 9.50. The number of hydrogen-bond donors (Lipinski definition) is 1. The zero-order valence-corrected chi connectivity index (χ0v) is 16.1. The Morgan fingerprint density at radius 3 is 2.36 bits per heavy atom. The van der Waals surface area contributed by atoms with Gasteiger partial charge in [-0.2, -0.15) is 0 Å². The number of fused-ring (bicyclic) bond motifs is 1. The molecule has 7 nitrogen and oxygen atoms in total. The lowest BCUT2D eigenvalue weighted by molar-refractivity contribution is -0.140. The van der Waals surface area contributed by atoms with Gasteiger partial charge in [0.1, 0.15) is 0 Å². The lowest BCUT2D eigenvalue weighted by Crippen LogP contribution is -2.34. The van der Waals surface area contributed by atoms with Gasteiger partial charge in [-0.05, 0) is 50.5 Å². The van der Waals surface area contributed by atoms with E-state index in [4.69, 9.17) is 4.74 Å². The van der Waals surface area contributed by atoms with Gasteiger partial charge in [0.05, 0.1) is 24.0 Å². The van der Waals surface area contributed by atoms with Gasteiger partial charge >= 0.3 is 5.97 Å². The van der Waals surface area contributed by atoms with Gasteiger partial charge in [0.25, 0.3) is 0 Å². The monoisotopic (exact) mass is 384 g/mol. The van der Waals surface area contributed by atoms with Crippen LogP contribution in [-0.2, 0) is 19.1 Å². The van der Waals surface area contributed by atoms with Gasteiger partial charge in [0.2, 0.25) is 17.7 Å². The normalized spacial score (nSPS) is 20.9. The predicted molar refractivity (Wildman–Crippen MR) is 102 cm³/mol. The van der Waals surface area contributed by atoms with Crippen molar-refractivity contribution >= 4 is 29.4 Å². The van der Waals surface area contributed by atoms with Crippen molar-refractivity contribution in [2.45, 2.75) is 33.1 Å². The Balaban J connectivity index is 1.57. The molecule has 1 aliphatic carbocycles. The summed E-state index contributed by atoms with van der Waals surface area (Å²) in [5.41, 5.74) is 1.72. The molecule has 1 aromatic carbocycles. The van der Waals surface area contributed by atoms with Crippen LogP contribution in [0.4, 0.5) is 5.69 Å². The number of hydrogen-bond acceptors (Lipinski definition) is 5. The maximum Gasteiger partial charge on any atom is 0.338 e. The molecule has 0 bridgehead atoms. The summed E-state index contributed by atoms with van der Waals surface area (Å²) in [4.78, 5) is 50.1. The summed E-state index contributed by atoms with van der Waals surface area (Å²) < 4.78 is 4.96. The molecule has 2 atom stereocenters. The van der Waals surface area contributed by atoms with E-state index in [0.717, 1.165) is 5.56 Å². The van der Waals surface area contributed by atoms with Gasteiger partial charge in [0.15, 0.2) is 0 Å². The first kappa shape index (κ1) is 19.8. The molecular weight excluding hydrogens is 360 g/mol. The van der Waals surface area contributed by atoms with Crippen LogP contribution in [0, 0.1) is 18.8 Å². The fraction of sp³-hybridized carbons (Fsp3) is 0.429. The number of imide groups is 1. The molecule has 1 aromatic rings. The standard InChI is InChI=1S/C21H24N2O5/c1-3-28-21(27)14-8-9-17(13(2)12-14)22-18(24)10-11-23-19(25)15-6-4-5-7-16(15)20(23)26/h4-5,8-9,12,15-16H,3,6-7,10-11H2,1-2H3,(H,22,24)/t15-,16+. The molecule has 0 unspecified atom stereocenters. The first-order chi connectivity index (χ1) is 13.4. The fourth-order valence-electron chi connectivity index (χ4n) is 3.66. The number of ether oxygens (including phenoxy) is 1. The van der Waals surface area contributed by atoms with Crippen molar-refractivity contribution in [2.24, 2.45) is 11.8 Å². The Morgan fingerprint density at radius 2 is 1.79 bits per heavy atom. The van der Waals surface area contributed by atoms with Crippen molar-refractivity contribution < 1.29 is 23.9 Å². The van der Waals surface area contributed by atoms with Gasteiger partial charge in [-0.3, -0.25) is 19.3 Å². The minimum Gasteiger partial charge on any atom is -0.462 e. The van der Waals surface area contributed by atoms with Gasteiger partial charge in [-0.1, -0.05) is 12.2 Å². The van der Waals surface area contributed by atoms with E-state index in [9.17, 15) is 19.2 Å². The summed E-state index contributed by atoms with van der Waals surface area (Å²) in [5, 5.41) is 2.77. The van der Waals surface area contributed by atoms with Gasteiger partial charge < -0.3 is 10.1 Å². The summed E-state index contributed by atoms with van der Waals surface area (Å²) in [7, 11) is 0. The minimum absolute atomic E-state index is 0.0312. The zero-order valence-electron chi connectivity index (χ0n) is 16.1. The molecule has 3 amide bonds. The quantitative estimate of drug-likeness (QED) is 0.462. The highest BCUT2D eigenvalue weighted by atomic mass is 16.5. The van der Waals surface area contributed by atoms with Crippen LogP contribution < -0.4 is 5.32 Å². The smallest absolute Gasteiger partial charge is 0.338 e. The lowest BCUT2D eigenvalue weighted by Gasteiger charge is -2.15.